The normalized spacial score (nSPS) is 21.2. The summed E-state index contributed by atoms with van der Waals surface area (Å²) in [6.45, 7) is 12.7. The number of piperidine rings is 1. The first-order chi connectivity index (χ1) is 15.7. The van der Waals surface area contributed by atoms with E-state index >= 15 is 0 Å². The predicted octanol–water partition coefficient (Wildman–Crippen LogP) is 6.05. The van der Waals surface area contributed by atoms with Gasteiger partial charge in [-0.15, -0.1) is 11.3 Å². The topological polar surface area (TPSA) is 53.4 Å². The van der Waals surface area contributed by atoms with Gasteiger partial charge in [0.2, 0.25) is 5.91 Å². The third kappa shape index (κ3) is 4.81. The minimum atomic E-state index is -0.420. The predicted molar refractivity (Wildman–Crippen MR) is 137 cm³/mol. The summed E-state index contributed by atoms with van der Waals surface area (Å²) in [6, 6.07) is 6.96. The van der Waals surface area contributed by atoms with Crippen LogP contribution in [-0.4, -0.2) is 40.6 Å². The number of likely N-dealkylation sites (tertiary alicyclic amines) is 1. The second kappa shape index (κ2) is 9.34. The number of benzene rings is 1. The second-order valence-corrected chi connectivity index (χ2v) is 11.9. The molecule has 1 saturated heterocycles. The first-order valence-electron chi connectivity index (χ1n) is 12.3. The number of amides is 1. The number of aromatic nitrogens is 1. The Morgan fingerprint density at radius 2 is 1.85 bits per heavy atom. The van der Waals surface area contributed by atoms with Crippen LogP contribution in [-0.2, 0) is 15.6 Å². The van der Waals surface area contributed by atoms with Crippen molar-refractivity contribution in [3.8, 4) is 11.3 Å². The maximum atomic E-state index is 12.7. The van der Waals surface area contributed by atoms with Gasteiger partial charge in [-0.2, -0.15) is 0 Å². The molecule has 0 bridgehead atoms. The molecule has 1 fully saturated rings. The smallest absolute Gasteiger partial charge is 0.231 e. The van der Waals surface area contributed by atoms with E-state index in [0.717, 1.165) is 31.6 Å². The van der Waals surface area contributed by atoms with Gasteiger partial charge in [0.15, 0.2) is 0 Å². The van der Waals surface area contributed by atoms with Crippen LogP contribution in [0.2, 0.25) is 0 Å². The van der Waals surface area contributed by atoms with Gasteiger partial charge >= 0.3 is 0 Å². The minimum absolute atomic E-state index is 0.0356. The number of nitrogens with zero attached hydrogens (tertiary/aromatic N) is 2. The Morgan fingerprint density at radius 1 is 1.18 bits per heavy atom. The fraction of sp³-hybridized carbons (Fsp3) is 0.571. The highest BCUT2D eigenvalue weighted by atomic mass is 32.1. The first-order valence-corrected chi connectivity index (χ1v) is 13.2. The van der Waals surface area contributed by atoms with Crippen LogP contribution in [0.1, 0.15) is 82.4 Å². The standard InChI is InChI=1S/C28H38N2O2S/c1-6-7-21(17-31)26(32)30-14-10-19(11-15-30)25-29-24(18-33-25)20-8-9-22-23(16-20)28(4,5)13-12-27(22,2)3/h6-9,16,18-19,21,31H,10-15,17H2,1-5H3/b7-6-/t21-/m0/s1. The average molecular weight is 467 g/mol. The highest BCUT2D eigenvalue weighted by molar-refractivity contribution is 7.10. The van der Waals surface area contributed by atoms with Gasteiger partial charge in [-0.3, -0.25) is 4.79 Å². The molecule has 0 radical (unpaired) electrons. The molecule has 1 N–H and O–H groups in total. The zero-order chi connectivity index (χ0) is 23.8. The summed E-state index contributed by atoms with van der Waals surface area (Å²) >= 11 is 1.75. The molecule has 2 aliphatic rings. The number of fused-ring (bicyclic) bond motifs is 1. The molecule has 1 aliphatic carbocycles. The number of rotatable bonds is 5. The van der Waals surface area contributed by atoms with Gasteiger partial charge in [0, 0.05) is 30.0 Å². The van der Waals surface area contributed by atoms with E-state index in [9.17, 15) is 9.90 Å². The Labute approximate surface area is 202 Å². The molecular weight excluding hydrogens is 428 g/mol. The number of aliphatic hydroxyl groups excluding tert-OH is 1. The SMILES string of the molecule is C/C=C\[C@@H](CO)C(=O)N1CCC(c2nc(-c3ccc4c(c3)C(C)(C)CCC4(C)C)cs2)CC1. The van der Waals surface area contributed by atoms with Crippen molar-refractivity contribution in [1.29, 1.82) is 0 Å². The summed E-state index contributed by atoms with van der Waals surface area (Å²) in [6.07, 6.45) is 7.92. The van der Waals surface area contributed by atoms with Gasteiger partial charge in [0.1, 0.15) is 0 Å². The molecule has 1 atom stereocenters. The van der Waals surface area contributed by atoms with E-state index < -0.39 is 5.92 Å². The van der Waals surface area contributed by atoms with Crippen LogP contribution in [0.3, 0.4) is 0 Å². The summed E-state index contributed by atoms with van der Waals surface area (Å²) in [4.78, 5) is 19.6. The number of thiazole rings is 1. The van der Waals surface area contributed by atoms with Crippen molar-refractivity contribution in [2.24, 2.45) is 5.92 Å². The number of carbonyl (C=O) groups is 1. The van der Waals surface area contributed by atoms with Crippen molar-refractivity contribution < 1.29 is 9.90 Å². The summed E-state index contributed by atoms with van der Waals surface area (Å²) in [5, 5.41) is 12.9. The highest BCUT2D eigenvalue weighted by Gasteiger charge is 2.37. The van der Waals surface area contributed by atoms with E-state index in [1.807, 2.05) is 17.9 Å². The van der Waals surface area contributed by atoms with E-state index in [1.54, 1.807) is 17.4 Å². The van der Waals surface area contributed by atoms with Gasteiger partial charge < -0.3 is 10.0 Å². The second-order valence-electron chi connectivity index (χ2n) is 11.0. The molecular formula is C28H38N2O2S. The lowest BCUT2D eigenvalue weighted by molar-refractivity contribution is -0.136. The number of carbonyl (C=O) groups excluding carboxylic acids is 1. The fourth-order valence-electron chi connectivity index (χ4n) is 5.39. The van der Waals surface area contributed by atoms with Crippen LogP contribution in [0, 0.1) is 5.92 Å². The first kappa shape index (κ1) is 24.2. The molecule has 1 aliphatic heterocycles. The lowest BCUT2D eigenvalue weighted by Crippen LogP contribution is -2.41. The Hall–Kier alpha value is -1.98. The minimum Gasteiger partial charge on any atom is -0.395 e. The van der Waals surface area contributed by atoms with Crippen molar-refractivity contribution >= 4 is 17.2 Å². The summed E-state index contributed by atoms with van der Waals surface area (Å²) in [7, 11) is 0. The summed E-state index contributed by atoms with van der Waals surface area (Å²) in [5.74, 6) is 0.0137. The maximum absolute atomic E-state index is 12.7. The number of aliphatic hydroxyl groups is 1. The lowest BCUT2D eigenvalue weighted by Gasteiger charge is -2.42. The van der Waals surface area contributed by atoms with E-state index in [4.69, 9.17) is 4.98 Å². The summed E-state index contributed by atoms with van der Waals surface area (Å²) in [5.41, 5.74) is 5.66. The van der Waals surface area contributed by atoms with Crippen LogP contribution < -0.4 is 0 Å². The molecule has 33 heavy (non-hydrogen) atoms. The molecule has 2 aromatic rings. The molecule has 4 rings (SSSR count). The lowest BCUT2D eigenvalue weighted by atomic mass is 9.63. The highest BCUT2D eigenvalue weighted by Crippen LogP contribution is 2.47. The van der Waals surface area contributed by atoms with Crippen LogP contribution >= 0.6 is 11.3 Å². The zero-order valence-corrected chi connectivity index (χ0v) is 21.5. The van der Waals surface area contributed by atoms with Crippen molar-refractivity contribution in [2.75, 3.05) is 19.7 Å². The maximum Gasteiger partial charge on any atom is 0.231 e. The van der Waals surface area contributed by atoms with Crippen molar-refractivity contribution in [3.63, 3.8) is 0 Å². The third-order valence-electron chi connectivity index (χ3n) is 7.77. The molecule has 5 heteroatoms. The van der Waals surface area contributed by atoms with Gasteiger partial charge in [-0.1, -0.05) is 52.0 Å². The van der Waals surface area contributed by atoms with Gasteiger partial charge in [-0.05, 0) is 60.6 Å². The van der Waals surface area contributed by atoms with Gasteiger partial charge in [0.25, 0.3) is 0 Å². The number of hydrogen-bond donors (Lipinski definition) is 1. The van der Waals surface area contributed by atoms with Crippen LogP contribution in [0.4, 0.5) is 0 Å². The fourth-order valence-corrected chi connectivity index (χ4v) is 6.39. The molecule has 1 amide bonds. The molecule has 4 nitrogen and oxygen atoms in total. The molecule has 1 aromatic heterocycles. The Kier molecular flexibility index (Phi) is 6.84. The number of hydrogen-bond acceptors (Lipinski definition) is 4. The quantitative estimate of drug-likeness (QED) is 0.546. The number of allylic oxidation sites excluding steroid dienone is 1. The van der Waals surface area contributed by atoms with Gasteiger partial charge in [0.05, 0.1) is 23.2 Å². The molecule has 0 saturated carbocycles. The van der Waals surface area contributed by atoms with Crippen molar-refractivity contribution in [2.45, 2.75) is 77.0 Å². The van der Waals surface area contributed by atoms with Gasteiger partial charge in [-0.25, -0.2) is 4.98 Å². The Balaban J connectivity index is 1.48. The molecule has 1 aromatic carbocycles. The van der Waals surface area contributed by atoms with E-state index in [0.29, 0.717) is 5.92 Å². The van der Waals surface area contributed by atoms with E-state index in [1.165, 1.54) is 34.5 Å². The van der Waals surface area contributed by atoms with Crippen molar-refractivity contribution in [3.05, 3.63) is 51.9 Å². The monoisotopic (exact) mass is 466 g/mol. The zero-order valence-electron chi connectivity index (χ0n) is 20.7. The molecule has 0 spiro atoms. The Morgan fingerprint density at radius 3 is 2.48 bits per heavy atom. The molecule has 178 valence electrons. The summed E-state index contributed by atoms with van der Waals surface area (Å²) < 4.78 is 0. The van der Waals surface area contributed by atoms with Crippen molar-refractivity contribution in [1.82, 2.24) is 9.88 Å². The van der Waals surface area contributed by atoms with E-state index in [2.05, 4.69) is 51.3 Å². The molecule has 2 heterocycles. The molecule has 0 unspecified atom stereocenters. The third-order valence-corrected chi connectivity index (χ3v) is 8.77. The van der Waals surface area contributed by atoms with Crippen LogP contribution in [0.15, 0.2) is 35.7 Å². The van der Waals surface area contributed by atoms with Crippen LogP contribution in [0.25, 0.3) is 11.3 Å². The largest absolute Gasteiger partial charge is 0.395 e. The van der Waals surface area contributed by atoms with E-state index in [-0.39, 0.29) is 23.3 Å². The van der Waals surface area contributed by atoms with Crippen LogP contribution in [0.5, 0.6) is 0 Å². The Bertz CT molecular complexity index is 1030. The average Bonchev–Trinajstić information content (AvgIpc) is 3.30.